The molecule has 0 aromatic carbocycles. The minimum Gasteiger partial charge on any atom is -0.458 e. The Morgan fingerprint density at radius 3 is 2.13 bits per heavy atom. The summed E-state index contributed by atoms with van der Waals surface area (Å²) in [4.78, 5) is 100. The number of hydrogen-bond acceptors (Lipinski definition) is 16. The van der Waals surface area contributed by atoms with Gasteiger partial charge in [0.25, 0.3) is 23.6 Å². The van der Waals surface area contributed by atoms with Gasteiger partial charge in [0.05, 0.1) is 18.2 Å². The fraction of sp³-hybridized carbons (Fsp3) is 0.766. The molecule has 0 bridgehead atoms. The van der Waals surface area contributed by atoms with Crippen LogP contribution in [-0.2, 0) is 43.0 Å². The molecule has 1 unspecified atom stereocenters. The van der Waals surface area contributed by atoms with E-state index in [1.54, 1.807) is 53.7 Å². The maximum absolute atomic E-state index is 15.2. The number of allylic oxidation sites excluding steroid dienone is 3. The van der Waals surface area contributed by atoms with Crippen LogP contribution in [0.15, 0.2) is 23.3 Å². The van der Waals surface area contributed by atoms with Crippen LogP contribution in [0.2, 0.25) is 0 Å². The Balaban J connectivity index is 1.82. The third-order valence-corrected chi connectivity index (χ3v) is 14.2. The molecule has 0 spiro atoms. The lowest BCUT2D eigenvalue weighted by atomic mass is 9.78. The van der Waals surface area contributed by atoms with Crippen LogP contribution in [0, 0.1) is 17.8 Å². The molecule has 68 heavy (non-hydrogen) atoms. The highest BCUT2D eigenvalue weighted by Crippen LogP contribution is 2.42. The van der Waals surface area contributed by atoms with Crippen LogP contribution >= 0.6 is 0 Å². The van der Waals surface area contributed by atoms with Crippen molar-refractivity contribution in [1.82, 2.24) is 41.5 Å². The number of fused-ring (bicyclic) bond motifs is 2. The van der Waals surface area contributed by atoms with E-state index < -0.39 is 120 Å². The summed E-state index contributed by atoms with van der Waals surface area (Å²) in [6, 6.07) is -8.04. The third kappa shape index (κ3) is 12.0. The minimum atomic E-state index is -2.75. The molecule has 4 heterocycles. The van der Waals surface area contributed by atoms with Gasteiger partial charge in [0.15, 0.2) is 11.4 Å². The fourth-order valence-corrected chi connectivity index (χ4v) is 9.44. The lowest BCUT2D eigenvalue weighted by molar-refractivity contribution is -0.325. The molecule has 0 aliphatic carbocycles. The average molecular weight is 963 g/mol. The Morgan fingerprint density at radius 2 is 1.54 bits per heavy atom. The van der Waals surface area contributed by atoms with Gasteiger partial charge in [0, 0.05) is 39.0 Å². The molecule has 21 heteroatoms. The second-order valence-corrected chi connectivity index (χ2v) is 19.5. The van der Waals surface area contributed by atoms with E-state index >= 15 is 4.79 Å². The van der Waals surface area contributed by atoms with Crippen molar-refractivity contribution in [2.75, 3.05) is 26.7 Å². The molecule has 13 atom stereocenters. The first-order valence-corrected chi connectivity index (χ1v) is 24.1. The zero-order valence-corrected chi connectivity index (χ0v) is 41.9. The van der Waals surface area contributed by atoms with Gasteiger partial charge in [0.1, 0.15) is 36.3 Å². The summed E-state index contributed by atoms with van der Waals surface area (Å²) in [6.45, 7) is 18.1. The molecular weight excluding hydrogens is 885 g/mol. The van der Waals surface area contributed by atoms with Gasteiger partial charge in [-0.25, -0.2) is 15.9 Å². The van der Waals surface area contributed by atoms with Gasteiger partial charge in [-0.05, 0) is 103 Å². The fourth-order valence-electron chi connectivity index (χ4n) is 9.44. The van der Waals surface area contributed by atoms with E-state index in [9.17, 15) is 49.3 Å². The zero-order valence-electron chi connectivity index (χ0n) is 41.9. The van der Waals surface area contributed by atoms with E-state index in [2.05, 4.69) is 21.5 Å². The molecule has 4 rings (SSSR count). The number of hydrogen-bond donors (Lipinski definition) is 8. The molecule has 5 amide bonds. The lowest BCUT2D eigenvalue weighted by Gasteiger charge is -2.49. The molecule has 0 aromatic heterocycles. The maximum Gasteiger partial charge on any atom is 0.326 e. The third-order valence-electron chi connectivity index (χ3n) is 14.2. The quantitative estimate of drug-likeness (QED) is 0.0644. The Bertz CT molecular complexity index is 1930. The van der Waals surface area contributed by atoms with Gasteiger partial charge < -0.3 is 40.3 Å². The maximum atomic E-state index is 15.2. The second-order valence-electron chi connectivity index (χ2n) is 19.5. The molecule has 4 fully saturated rings. The van der Waals surface area contributed by atoms with Crippen LogP contribution in [0.25, 0.3) is 0 Å². The van der Waals surface area contributed by atoms with Gasteiger partial charge >= 0.3 is 5.97 Å². The Labute approximate surface area is 400 Å². The molecule has 0 aromatic rings. The average Bonchev–Trinajstić information content (AvgIpc) is 3.32. The number of aliphatic hydroxyl groups is 3. The van der Waals surface area contributed by atoms with Crippen LogP contribution in [0.1, 0.15) is 121 Å². The number of hydrazine groups is 2. The summed E-state index contributed by atoms with van der Waals surface area (Å²) in [7, 11) is 1.36. The standard InChI is InChI=1S/C47H78N8O13/c1-13-26(5)37(57)28(7)23-29(8)39-27(6)19-20-47(65,68-39)46(64,14-2)45(63)51-36-38(25(3)4)67-44(62)35(32(11)56)48-24-33-17-15-21-49-53(33)41(59)30(9)52(12)40(58)31(10)55(66)42(60)34-18-16-22-50-54(34)43(36)61/h13,23,25,27-28,30-36,38-39,48-50,56,64-66H,14-22,24H2,1-12H3,(H,51,63)/b26-13+,29-23+/t27-,28?,30+,31-,32-,33-,34-,35+,36-,38-,39-,46-,47+/m0/s1. The number of Topliss-reactive ketones (excluding diaryl/α,β-unsaturated/α-hetero) is 1. The van der Waals surface area contributed by atoms with Crippen LogP contribution in [0.3, 0.4) is 0 Å². The number of ether oxygens (including phenoxy) is 2. The van der Waals surface area contributed by atoms with Crippen LogP contribution in [0.4, 0.5) is 0 Å². The Hall–Kier alpha value is -4.35. The van der Waals surface area contributed by atoms with Crippen molar-refractivity contribution in [3.63, 3.8) is 0 Å². The Kier molecular flexibility index (Phi) is 19.4. The van der Waals surface area contributed by atoms with Crippen LogP contribution in [-0.4, -0.2) is 174 Å². The molecule has 4 aliphatic rings. The number of nitrogens with zero attached hydrogens (tertiary/aromatic N) is 4. The van der Waals surface area contributed by atoms with Gasteiger partial charge in [-0.2, -0.15) is 0 Å². The van der Waals surface area contributed by atoms with E-state index in [-0.39, 0.29) is 49.1 Å². The molecule has 8 N–H and O–H groups in total. The summed E-state index contributed by atoms with van der Waals surface area (Å²) in [6.07, 6.45) is 0.652. The number of carbonyl (C=O) groups is 7. The lowest BCUT2D eigenvalue weighted by Crippen LogP contribution is -2.71. The van der Waals surface area contributed by atoms with Gasteiger partial charge in [-0.15, -0.1) is 0 Å². The predicted octanol–water partition coefficient (Wildman–Crippen LogP) is 0.599. The summed E-state index contributed by atoms with van der Waals surface area (Å²) in [5.41, 5.74) is 4.33. The predicted molar refractivity (Wildman–Crippen MR) is 247 cm³/mol. The SMILES string of the molecule is C/C=C(\C)C(=O)C(C)/C=C(\C)[C@H]1O[C@@](O)([C@](O)(CC)C(=O)N[C@@H]2C(=O)N3NCCC[C@H]3C(=O)N(O)[C@@H](C)C(=O)N(C)[C@H](C)C(=O)N3NCCC[C@H]3CN[C@H]([C@H](C)O)C(=O)O[C@H]2C(C)C)CC[C@@H]1C. The highest BCUT2D eigenvalue weighted by atomic mass is 16.7. The molecular formula is C47H78N8O13. The number of likely N-dealkylation sites (N-methyl/N-ethyl adjacent to an activating group) is 1. The van der Waals surface area contributed by atoms with Crippen LogP contribution in [0.5, 0.6) is 0 Å². The van der Waals surface area contributed by atoms with Crippen molar-refractivity contribution in [2.24, 2.45) is 17.8 Å². The summed E-state index contributed by atoms with van der Waals surface area (Å²) < 4.78 is 12.4. The number of ketones is 1. The van der Waals surface area contributed by atoms with Crippen molar-refractivity contribution < 1.29 is 63.6 Å². The normalized spacial score (nSPS) is 33.4. The first kappa shape index (κ1) is 56.2. The van der Waals surface area contributed by atoms with Crippen LogP contribution < -0.4 is 21.5 Å². The number of carbonyl (C=O) groups excluding carboxylic acids is 7. The van der Waals surface area contributed by atoms with Crippen molar-refractivity contribution in [1.29, 1.82) is 0 Å². The molecule has 0 radical (unpaired) electrons. The summed E-state index contributed by atoms with van der Waals surface area (Å²) >= 11 is 0. The molecule has 384 valence electrons. The van der Waals surface area contributed by atoms with Crippen molar-refractivity contribution in [3.8, 4) is 0 Å². The van der Waals surface area contributed by atoms with Crippen molar-refractivity contribution in [3.05, 3.63) is 23.3 Å². The smallest absolute Gasteiger partial charge is 0.326 e. The number of hydroxylamine groups is 2. The Morgan fingerprint density at radius 1 is 0.926 bits per heavy atom. The highest BCUT2D eigenvalue weighted by molar-refractivity contribution is 5.98. The number of amides is 5. The number of rotatable bonds is 10. The summed E-state index contributed by atoms with van der Waals surface area (Å²) in [5, 5.41) is 55.2. The number of cyclic esters (lactones) is 1. The number of nitrogens with one attached hydrogen (secondary N) is 4. The van der Waals surface area contributed by atoms with Crippen molar-refractivity contribution in [2.45, 2.75) is 187 Å². The van der Waals surface area contributed by atoms with E-state index in [1.165, 1.54) is 39.8 Å². The second kappa shape index (κ2) is 23.5. The van der Waals surface area contributed by atoms with E-state index in [4.69, 9.17) is 9.47 Å². The monoisotopic (exact) mass is 963 g/mol. The molecule has 21 nitrogen and oxygen atoms in total. The first-order chi connectivity index (χ1) is 31.8. The largest absolute Gasteiger partial charge is 0.458 e. The zero-order chi connectivity index (χ0) is 51.2. The van der Waals surface area contributed by atoms with E-state index in [1.807, 2.05) is 6.92 Å². The van der Waals surface area contributed by atoms with E-state index in [0.29, 0.717) is 37.0 Å². The number of aliphatic hydroxyl groups excluding tert-OH is 1. The van der Waals surface area contributed by atoms with Gasteiger partial charge in [0.2, 0.25) is 11.7 Å². The highest BCUT2D eigenvalue weighted by Gasteiger charge is 2.59. The van der Waals surface area contributed by atoms with Crippen molar-refractivity contribution >= 4 is 41.3 Å². The minimum absolute atomic E-state index is 0.0272. The molecule has 0 saturated carbocycles. The topological polar surface area (TPSA) is 280 Å². The summed E-state index contributed by atoms with van der Waals surface area (Å²) in [5.74, 6) is -9.94. The number of esters is 1. The van der Waals surface area contributed by atoms with Gasteiger partial charge in [-0.1, -0.05) is 46.8 Å². The van der Waals surface area contributed by atoms with E-state index in [0.717, 1.165) is 9.91 Å². The van der Waals surface area contributed by atoms with Gasteiger partial charge in [-0.3, -0.25) is 48.8 Å². The first-order valence-electron chi connectivity index (χ1n) is 24.1. The molecule has 4 saturated heterocycles. The molecule has 4 aliphatic heterocycles.